The molecule has 0 aliphatic carbocycles. The predicted molar refractivity (Wildman–Crippen MR) is 90.4 cm³/mol. The topological polar surface area (TPSA) is 65.0 Å². The van der Waals surface area contributed by atoms with Crippen LogP contribution in [0.2, 0.25) is 0 Å². The number of hydrogen-bond acceptors (Lipinski definition) is 5. The summed E-state index contributed by atoms with van der Waals surface area (Å²) in [7, 11) is 0. The molecule has 2 aromatic carbocycles. The van der Waals surface area contributed by atoms with Crippen LogP contribution >= 0.6 is 0 Å². The standard InChI is InChI=1S/C20H20O5/c21-11-19-15(9-14-6-7-17-18(10-14)24-12-23-17)16(20(22)25-19)8-13-4-2-1-3-5-13/h1-7,10,15-16,19,21H,8-9,11-12H2/t15-,16-,19-/m1/s1. The average Bonchev–Trinajstić information content (AvgIpc) is 3.21. The average molecular weight is 340 g/mol. The lowest BCUT2D eigenvalue weighted by atomic mass is 9.81. The number of cyclic esters (lactones) is 1. The summed E-state index contributed by atoms with van der Waals surface area (Å²) in [5.74, 6) is 0.904. The zero-order chi connectivity index (χ0) is 17.2. The first-order valence-electron chi connectivity index (χ1n) is 8.48. The summed E-state index contributed by atoms with van der Waals surface area (Å²) in [6.45, 7) is 0.0754. The summed E-state index contributed by atoms with van der Waals surface area (Å²) in [4.78, 5) is 12.4. The van der Waals surface area contributed by atoms with Crippen molar-refractivity contribution >= 4 is 5.97 Å². The normalized spacial score (nSPS) is 24.4. The minimum atomic E-state index is -0.466. The molecule has 1 N–H and O–H groups in total. The summed E-state index contributed by atoms with van der Waals surface area (Å²) >= 11 is 0. The monoisotopic (exact) mass is 340 g/mol. The van der Waals surface area contributed by atoms with Crippen molar-refractivity contribution in [1.82, 2.24) is 0 Å². The van der Waals surface area contributed by atoms with E-state index in [4.69, 9.17) is 14.2 Å². The number of carbonyl (C=O) groups is 1. The number of hydrogen-bond donors (Lipinski definition) is 1. The van der Waals surface area contributed by atoms with Gasteiger partial charge in [0, 0.05) is 5.92 Å². The molecule has 1 fully saturated rings. The van der Waals surface area contributed by atoms with Gasteiger partial charge in [-0.3, -0.25) is 4.79 Å². The van der Waals surface area contributed by atoms with Crippen LogP contribution in [0.25, 0.3) is 0 Å². The Morgan fingerprint density at radius 3 is 2.56 bits per heavy atom. The summed E-state index contributed by atoms with van der Waals surface area (Å²) in [5, 5.41) is 9.65. The third kappa shape index (κ3) is 3.20. The molecule has 0 spiro atoms. The molecule has 0 aromatic heterocycles. The van der Waals surface area contributed by atoms with Gasteiger partial charge >= 0.3 is 5.97 Å². The first-order valence-corrected chi connectivity index (χ1v) is 8.48. The molecular formula is C20H20O5. The number of fused-ring (bicyclic) bond motifs is 1. The van der Waals surface area contributed by atoms with E-state index >= 15 is 0 Å². The van der Waals surface area contributed by atoms with Gasteiger partial charge in [-0.25, -0.2) is 0 Å². The van der Waals surface area contributed by atoms with Crippen molar-refractivity contribution < 1.29 is 24.1 Å². The molecular weight excluding hydrogens is 320 g/mol. The maximum absolute atomic E-state index is 12.4. The van der Waals surface area contributed by atoms with Crippen LogP contribution in [0.1, 0.15) is 11.1 Å². The van der Waals surface area contributed by atoms with E-state index in [0.29, 0.717) is 12.8 Å². The first-order chi connectivity index (χ1) is 12.2. The van der Waals surface area contributed by atoms with E-state index in [1.54, 1.807) is 0 Å². The van der Waals surface area contributed by atoms with Crippen LogP contribution in [0, 0.1) is 11.8 Å². The van der Waals surface area contributed by atoms with Crippen molar-refractivity contribution in [2.75, 3.05) is 13.4 Å². The third-order valence-electron chi connectivity index (χ3n) is 4.95. The number of aliphatic hydroxyl groups is 1. The van der Waals surface area contributed by atoms with Gasteiger partial charge in [0.2, 0.25) is 6.79 Å². The molecule has 0 amide bonds. The summed E-state index contributed by atoms with van der Waals surface area (Å²) in [5.41, 5.74) is 2.14. The highest BCUT2D eigenvalue weighted by Gasteiger charge is 2.44. The molecule has 0 radical (unpaired) electrons. The van der Waals surface area contributed by atoms with Gasteiger partial charge < -0.3 is 19.3 Å². The number of rotatable bonds is 5. The zero-order valence-corrected chi connectivity index (χ0v) is 13.8. The highest BCUT2D eigenvalue weighted by Crippen LogP contribution is 2.37. The molecule has 0 saturated carbocycles. The van der Waals surface area contributed by atoms with Crippen LogP contribution in [-0.2, 0) is 22.4 Å². The quantitative estimate of drug-likeness (QED) is 0.847. The minimum absolute atomic E-state index is 0.0712. The second kappa shape index (κ2) is 6.76. The van der Waals surface area contributed by atoms with Crippen molar-refractivity contribution in [2.45, 2.75) is 18.9 Å². The lowest BCUT2D eigenvalue weighted by Crippen LogP contribution is -2.27. The van der Waals surface area contributed by atoms with Crippen LogP contribution in [0.15, 0.2) is 48.5 Å². The van der Waals surface area contributed by atoms with Gasteiger partial charge in [-0.15, -0.1) is 0 Å². The SMILES string of the molecule is O=C1O[C@H](CO)[C@H](Cc2ccc3c(c2)OCO3)[C@H]1Cc1ccccc1. The molecule has 2 heterocycles. The first kappa shape index (κ1) is 16.0. The van der Waals surface area contributed by atoms with E-state index in [2.05, 4.69) is 0 Å². The minimum Gasteiger partial charge on any atom is -0.459 e. The van der Waals surface area contributed by atoms with E-state index < -0.39 is 6.10 Å². The van der Waals surface area contributed by atoms with Gasteiger partial charge in [0.1, 0.15) is 6.10 Å². The van der Waals surface area contributed by atoms with Gasteiger partial charge in [0.05, 0.1) is 12.5 Å². The summed E-state index contributed by atoms with van der Waals surface area (Å²) in [6, 6.07) is 15.7. The number of carbonyl (C=O) groups excluding carboxylic acids is 1. The van der Waals surface area contributed by atoms with Crippen molar-refractivity contribution in [3.63, 3.8) is 0 Å². The Morgan fingerprint density at radius 1 is 0.960 bits per heavy atom. The fourth-order valence-corrected chi connectivity index (χ4v) is 3.65. The highest BCUT2D eigenvalue weighted by atomic mass is 16.7. The highest BCUT2D eigenvalue weighted by molar-refractivity contribution is 5.75. The summed E-state index contributed by atoms with van der Waals surface area (Å²) < 4.78 is 16.2. The Kier molecular flexibility index (Phi) is 4.32. The van der Waals surface area contributed by atoms with Crippen molar-refractivity contribution in [1.29, 1.82) is 0 Å². The van der Waals surface area contributed by atoms with Gasteiger partial charge in [-0.1, -0.05) is 36.4 Å². The number of aliphatic hydroxyl groups excluding tert-OH is 1. The summed E-state index contributed by atoms with van der Waals surface area (Å²) in [6.07, 6.45) is 0.794. The molecule has 0 unspecified atom stereocenters. The van der Waals surface area contributed by atoms with E-state index in [0.717, 1.165) is 22.6 Å². The largest absolute Gasteiger partial charge is 0.459 e. The molecule has 5 heteroatoms. The zero-order valence-electron chi connectivity index (χ0n) is 13.8. The molecule has 2 aromatic rings. The maximum atomic E-state index is 12.4. The Balaban J connectivity index is 1.56. The van der Waals surface area contributed by atoms with Crippen LogP contribution in [0.3, 0.4) is 0 Å². The lowest BCUT2D eigenvalue weighted by Gasteiger charge is -2.20. The van der Waals surface area contributed by atoms with Crippen LogP contribution in [-0.4, -0.2) is 30.6 Å². The van der Waals surface area contributed by atoms with Crippen molar-refractivity contribution in [3.8, 4) is 11.5 Å². The van der Waals surface area contributed by atoms with E-state index in [1.165, 1.54) is 0 Å². The van der Waals surface area contributed by atoms with E-state index in [1.807, 2.05) is 48.5 Å². The van der Waals surface area contributed by atoms with Crippen molar-refractivity contribution in [2.24, 2.45) is 11.8 Å². The van der Waals surface area contributed by atoms with Crippen LogP contribution in [0.4, 0.5) is 0 Å². The fourth-order valence-electron chi connectivity index (χ4n) is 3.65. The van der Waals surface area contributed by atoms with Crippen LogP contribution in [0.5, 0.6) is 11.5 Å². The Hall–Kier alpha value is -2.53. The lowest BCUT2D eigenvalue weighted by molar-refractivity contribution is -0.145. The van der Waals surface area contributed by atoms with Crippen molar-refractivity contribution in [3.05, 3.63) is 59.7 Å². The Morgan fingerprint density at radius 2 is 1.76 bits per heavy atom. The van der Waals surface area contributed by atoms with Gasteiger partial charge in [0.25, 0.3) is 0 Å². The third-order valence-corrected chi connectivity index (χ3v) is 4.95. The van der Waals surface area contributed by atoms with E-state index in [9.17, 15) is 9.90 Å². The molecule has 2 aliphatic heterocycles. The number of ether oxygens (including phenoxy) is 3. The second-order valence-corrected chi connectivity index (χ2v) is 6.51. The molecule has 3 atom stereocenters. The van der Waals surface area contributed by atoms with E-state index in [-0.39, 0.29) is 31.2 Å². The smallest absolute Gasteiger partial charge is 0.310 e. The van der Waals surface area contributed by atoms with Gasteiger partial charge in [-0.05, 0) is 36.1 Å². The van der Waals surface area contributed by atoms with Crippen LogP contribution < -0.4 is 9.47 Å². The predicted octanol–water partition coefficient (Wildman–Crippen LogP) is 2.35. The molecule has 130 valence electrons. The molecule has 2 aliphatic rings. The Bertz CT molecular complexity index is 758. The van der Waals surface area contributed by atoms with Gasteiger partial charge in [-0.2, -0.15) is 0 Å². The number of esters is 1. The maximum Gasteiger partial charge on any atom is 0.310 e. The molecule has 1 saturated heterocycles. The Labute approximate surface area is 146 Å². The number of benzene rings is 2. The molecule has 4 rings (SSSR count). The molecule has 5 nitrogen and oxygen atoms in total. The van der Waals surface area contributed by atoms with Gasteiger partial charge in [0.15, 0.2) is 11.5 Å². The molecule has 25 heavy (non-hydrogen) atoms. The second-order valence-electron chi connectivity index (χ2n) is 6.51. The molecule has 0 bridgehead atoms. The fraction of sp³-hybridized carbons (Fsp3) is 0.350.